The zero-order valence-electron chi connectivity index (χ0n) is 16.1. The lowest BCUT2D eigenvalue weighted by Crippen LogP contribution is -2.46. The first-order chi connectivity index (χ1) is 12.6. The van der Waals surface area contributed by atoms with Crippen molar-refractivity contribution in [3.8, 4) is 0 Å². The zero-order valence-corrected chi connectivity index (χ0v) is 16.9. The van der Waals surface area contributed by atoms with Crippen LogP contribution in [0.4, 0.5) is 10.1 Å². The Morgan fingerprint density at radius 3 is 2.22 bits per heavy atom. The highest BCUT2D eigenvalue weighted by molar-refractivity contribution is 6.33. The number of anilines is 1. The van der Waals surface area contributed by atoms with Gasteiger partial charge in [0.25, 0.3) is 0 Å². The maximum absolute atomic E-state index is 13.1. The number of halogens is 2. The van der Waals surface area contributed by atoms with Crippen molar-refractivity contribution in [3.05, 3.63) is 29.0 Å². The van der Waals surface area contributed by atoms with Crippen LogP contribution in [0.2, 0.25) is 5.02 Å². The van der Waals surface area contributed by atoms with E-state index in [9.17, 15) is 14.0 Å². The van der Waals surface area contributed by atoms with E-state index in [4.69, 9.17) is 11.6 Å². The quantitative estimate of drug-likeness (QED) is 0.799. The van der Waals surface area contributed by atoms with Gasteiger partial charge in [0.2, 0.25) is 11.8 Å². The maximum Gasteiger partial charge on any atom is 0.238 e. The number of rotatable bonds is 5. The van der Waals surface area contributed by atoms with Crippen LogP contribution in [0.1, 0.15) is 27.2 Å². The number of benzene rings is 1. The number of carbonyl (C=O) groups excluding carboxylic acids is 2. The van der Waals surface area contributed by atoms with E-state index in [1.807, 2.05) is 20.8 Å². The molecule has 2 amide bonds. The van der Waals surface area contributed by atoms with Gasteiger partial charge in [-0.1, -0.05) is 11.6 Å². The maximum atomic E-state index is 13.1. The molecule has 0 unspecified atom stereocenters. The number of hydrogen-bond donors (Lipinski definition) is 2. The molecule has 0 saturated carbocycles. The smallest absolute Gasteiger partial charge is 0.238 e. The summed E-state index contributed by atoms with van der Waals surface area (Å²) in [5.41, 5.74) is 0.160. The van der Waals surface area contributed by atoms with Gasteiger partial charge in [0, 0.05) is 18.6 Å². The van der Waals surface area contributed by atoms with E-state index in [-0.39, 0.29) is 28.9 Å². The minimum absolute atomic E-state index is 0.0136. The molecule has 1 heterocycles. The predicted octanol–water partition coefficient (Wildman–Crippen LogP) is 2.34. The van der Waals surface area contributed by atoms with Crippen LogP contribution in [-0.2, 0) is 9.59 Å². The van der Waals surface area contributed by atoms with Crippen molar-refractivity contribution < 1.29 is 14.0 Å². The van der Waals surface area contributed by atoms with E-state index in [0.717, 1.165) is 26.1 Å². The molecule has 1 aliphatic heterocycles. The van der Waals surface area contributed by atoms with Crippen LogP contribution in [0.25, 0.3) is 0 Å². The third-order valence-corrected chi connectivity index (χ3v) is 4.45. The SMILES string of the molecule is CC(C)(C)NC(=O)CN1CCCN(CC(=O)Nc2ccc(F)cc2Cl)CC1. The molecule has 0 bridgehead atoms. The van der Waals surface area contributed by atoms with Crippen molar-refractivity contribution in [3.63, 3.8) is 0 Å². The van der Waals surface area contributed by atoms with Crippen LogP contribution in [0.5, 0.6) is 0 Å². The normalized spacial score (nSPS) is 16.6. The molecule has 0 atom stereocenters. The van der Waals surface area contributed by atoms with Gasteiger partial charge in [0.15, 0.2) is 0 Å². The third-order valence-electron chi connectivity index (χ3n) is 4.14. The molecule has 27 heavy (non-hydrogen) atoms. The molecule has 0 radical (unpaired) electrons. The van der Waals surface area contributed by atoms with Gasteiger partial charge < -0.3 is 10.6 Å². The Morgan fingerprint density at radius 2 is 1.67 bits per heavy atom. The number of carbonyl (C=O) groups is 2. The summed E-state index contributed by atoms with van der Waals surface area (Å²) in [6.07, 6.45) is 0.882. The van der Waals surface area contributed by atoms with E-state index in [0.29, 0.717) is 18.8 Å². The molecule has 1 fully saturated rings. The molecule has 0 aliphatic carbocycles. The zero-order chi connectivity index (χ0) is 20.0. The fourth-order valence-corrected chi connectivity index (χ4v) is 3.20. The second-order valence-corrected chi connectivity index (χ2v) is 8.28. The summed E-state index contributed by atoms with van der Waals surface area (Å²) < 4.78 is 13.1. The topological polar surface area (TPSA) is 64.7 Å². The predicted molar refractivity (Wildman–Crippen MR) is 105 cm³/mol. The number of amides is 2. The Bertz CT molecular complexity index is 678. The number of hydrogen-bond acceptors (Lipinski definition) is 4. The molecule has 0 spiro atoms. The van der Waals surface area contributed by atoms with Gasteiger partial charge in [-0.25, -0.2) is 4.39 Å². The van der Waals surface area contributed by atoms with Gasteiger partial charge in [-0.3, -0.25) is 19.4 Å². The Morgan fingerprint density at radius 1 is 1.07 bits per heavy atom. The highest BCUT2D eigenvalue weighted by Gasteiger charge is 2.21. The van der Waals surface area contributed by atoms with E-state index in [1.54, 1.807) is 0 Å². The summed E-state index contributed by atoms with van der Waals surface area (Å²) in [5, 5.41) is 5.86. The average Bonchev–Trinajstić information content (AvgIpc) is 2.73. The third kappa shape index (κ3) is 7.82. The highest BCUT2D eigenvalue weighted by atomic mass is 35.5. The summed E-state index contributed by atoms with van der Waals surface area (Å²) in [6, 6.07) is 3.88. The van der Waals surface area contributed by atoms with Crippen LogP contribution < -0.4 is 10.6 Å². The molecule has 2 N–H and O–H groups in total. The molecule has 0 aromatic heterocycles. The Hall–Kier alpha value is -1.70. The lowest BCUT2D eigenvalue weighted by atomic mass is 10.1. The first-order valence-electron chi connectivity index (χ1n) is 9.13. The monoisotopic (exact) mass is 398 g/mol. The fraction of sp³-hybridized carbons (Fsp3) is 0.579. The van der Waals surface area contributed by atoms with Gasteiger partial charge >= 0.3 is 0 Å². The molecule has 1 saturated heterocycles. The summed E-state index contributed by atoms with van der Waals surface area (Å²) >= 11 is 5.94. The van der Waals surface area contributed by atoms with Crippen molar-refractivity contribution >= 4 is 29.1 Å². The Balaban J connectivity index is 1.80. The minimum Gasteiger partial charge on any atom is -0.350 e. The molecule has 6 nitrogen and oxygen atoms in total. The molecule has 150 valence electrons. The van der Waals surface area contributed by atoms with E-state index in [1.165, 1.54) is 18.2 Å². The summed E-state index contributed by atoms with van der Waals surface area (Å²) in [5.74, 6) is -0.622. The molecular formula is C19H28ClFN4O2. The summed E-state index contributed by atoms with van der Waals surface area (Å²) in [6.45, 7) is 9.50. The van der Waals surface area contributed by atoms with Crippen molar-refractivity contribution in [1.29, 1.82) is 0 Å². The van der Waals surface area contributed by atoms with E-state index < -0.39 is 5.82 Å². The van der Waals surface area contributed by atoms with E-state index in [2.05, 4.69) is 20.4 Å². The second-order valence-electron chi connectivity index (χ2n) is 7.88. The molecule has 1 aromatic rings. The number of nitrogens with one attached hydrogen (secondary N) is 2. The minimum atomic E-state index is -0.443. The standard InChI is InChI=1S/C19H28ClFN4O2/c1-19(2,3)23-18(27)13-25-8-4-7-24(9-10-25)12-17(26)22-16-6-5-14(21)11-15(16)20/h5-6,11H,4,7-10,12-13H2,1-3H3,(H,22,26)(H,23,27). The lowest BCUT2D eigenvalue weighted by Gasteiger charge is -2.25. The van der Waals surface area contributed by atoms with Crippen molar-refractivity contribution in [2.45, 2.75) is 32.7 Å². The van der Waals surface area contributed by atoms with Crippen LogP contribution in [-0.4, -0.2) is 66.4 Å². The summed E-state index contributed by atoms with van der Waals surface area (Å²) in [4.78, 5) is 28.5. The Labute approximate surface area is 165 Å². The van der Waals surface area contributed by atoms with Gasteiger partial charge in [0.05, 0.1) is 23.8 Å². The van der Waals surface area contributed by atoms with E-state index >= 15 is 0 Å². The van der Waals surface area contributed by atoms with Crippen LogP contribution in [0.15, 0.2) is 18.2 Å². The average molecular weight is 399 g/mol. The molecule has 8 heteroatoms. The Kier molecular flexibility index (Phi) is 7.59. The first kappa shape index (κ1) is 21.6. The van der Waals surface area contributed by atoms with Crippen LogP contribution >= 0.6 is 11.6 Å². The largest absolute Gasteiger partial charge is 0.350 e. The van der Waals surface area contributed by atoms with Gasteiger partial charge in [-0.2, -0.15) is 0 Å². The van der Waals surface area contributed by atoms with Crippen molar-refractivity contribution in [2.24, 2.45) is 0 Å². The second kappa shape index (κ2) is 9.48. The highest BCUT2D eigenvalue weighted by Crippen LogP contribution is 2.22. The van der Waals surface area contributed by atoms with Crippen LogP contribution in [0, 0.1) is 5.82 Å². The van der Waals surface area contributed by atoms with Crippen molar-refractivity contribution in [1.82, 2.24) is 15.1 Å². The van der Waals surface area contributed by atoms with Crippen molar-refractivity contribution in [2.75, 3.05) is 44.6 Å². The molecule has 1 aliphatic rings. The van der Waals surface area contributed by atoms with Gasteiger partial charge in [0.1, 0.15) is 5.82 Å². The van der Waals surface area contributed by atoms with Crippen LogP contribution in [0.3, 0.4) is 0 Å². The summed E-state index contributed by atoms with van der Waals surface area (Å²) in [7, 11) is 0. The molecular weight excluding hydrogens is 371 g/mol. The lowest BCUT2D eigenvalue weighted by molar-refractivity contribution is -0.123. The first-order valence-corrected chi connectivity index (χ1v) is 9.51. The number of nitrogens with zero attached hydrogens (tertiary/aromatic N) is 2. The fourth-order valence-electron chi connectivity index (χ4n) is 2.99. The molecule has 2 rings (SSSR count). The van der Waals surface area contributed by atoms with Gasteiger partial charge in [-0.05, 0) is 58.5 Å². The molecule has 1 aromatic carbocycles. The van der Waals surface area contributed by atoms with Gasteiger partial charge in [-0.15, -0.1) is 0 Å².